The zero-order valence-electron chi connectivity index (χ0n) is 17.3. The van der Waals surface area contributed by atoms with Crippen molar-refractivity contribution in [1.82, 2.24) is 15.8 Å². The Balaban J connectivity index is 0.00000420. The topological polar surface area (TPSA) is 96.6 Å². The molecule has 29 heavy (non-hydrogen) atoms. The largest absolute Gasteiger partial charge is 0.361 e. The Bertz CT molecular complexity index is 846. The summed E-state index contributed by atoms with van der Waals surface area (Å²) in [5, 5.41) is 10.5. The summed E-state index contributed by atoms with van der Waals surface area (Å²) in [5.41, 5.74) is 1.97. The second-order valence-corrected chi connectivity index (χ2v) is 8.45. The summed E-state index contributed by atoms with van der Waals surface area (Å²) in [6.45, 7) is 7.78. The van der Waals surface area contributed by atoms with Crippen LogP contribution in [0.5, 0.6) is 0 Å². The van der Waals surface area contributed by atoms with E-state index in [1.807, 2.05) is 26.8 Å². The van der Waals surface area contributed by atoms with Gasteiger partial charge < -0.3 is 15.2 Å². The van der Waals surface area contributed by atoms with Crippen molar-refractivity contribution in [3.8, 4) is 0 Å². The van der Waals surface area contributed by atoms with Crippen molar-refractivity contribution in [2.45, 2.75) is 51.5 Å². The van der Waals surface area contributed by atoms with Gasteiger partial charge in [0.1, 0.15) is 5.76 Å². The Hall–Kier alpha value is -1.62. The Kier molecular flexibility index (Phi) is 11.3. The summed E-state index contributed by atoms with van der Waals surface area (Å²) in [6.07, 6.45) is 2.07. The molecule has 0 aliphatic rings. The quantitative estimate of drug-likeness (QED) is 0.210. The number of sulfone groups is 1. The van der Waals surface area contributed by atoms with E-state index >= 15 is 0 Å². The molecule has 0 spiro atoms. The third-order valence-corrected chi connectivity index (χ3v) is 6.15. The van der Waals surface area contributed by atoms with Gasteiger partial charge in [0.05, 0.1) is 22.9 Å². The highest BCUT2D eigenvalue weighted by molar-refractivity contribution is 14.0. The van der Waals surface area contributed by atoms with Crippen LogP contribution >= 0.6 is 24.0 Å². The van der Waals surface area contributed by atoms with Crippen molar-refractivity contribution in [3.63, 3.8) is 0 Å². The second kappa shape index (κ2) is 12.8. The normalized spacial score (nSPS) is 11.8. The minimum atomic E-state index is -3.26. The SMILES string of the molecule is CCNC(=NCc1c(CC)noc1CC)NCCCS(=O)(=O)c1ccccc1.I. The number of aryl methyl sites for hydroxylation is 2. The van der Waals surface area contributed by atoms with Crippen molar-refractivity contribution in [1.29, 1.82) is 0 Å². The van der Waals surface area contributed by atoms with Crippen LogP contribution in [-0.2, 0) is 29.2 Å². The lowest BCUT2D eigenvalue weighted by Gasteiger charge is -2.11. The van der Waals surface area contributed by atoms with E-state index in [4.69, 9.17) is 4.52 Å². The molecule has 2 N–H and O–H groups in total. The molecule has 1 aromatic carbocycles. The Morgan fingerprint density at radius 1 is 1.10 bits per heavy atom. The van der Waals surface area contributed by atoms with E-state index in [-0.39, 0.29) is 29.7 Å². The number of nitrogens with one attached hydrogen (secondary N) is 2. The zero-order valence-corrected chi connectivity index (χ0v) is 20.4. The van der Waals surface area contributed by atoms with Crippen molar-refractivity contribution in [2.24, 2.45) is 4.99 Å². The van der Waals surface area contributed by atoms with Gasteiger partial charge in [-0.2, -0.15) is 0 Å². The zero-order chi connectivity index (χ0) is 20.4. The van der Waals surface area contributed by atoms with Crippen molar-refractivity contribution in [2.75, 3.05) is 18.8 Å². The fourth-order valence-corrected chi connectivity index (χ4v) is 4.16. The number of nitrogens with zero attached hydrogens (tertiary/aromatic N) is 2. The number of guanidine groups is 1. The number of benzene rings is 1. The minimum absolute atomic E-state index is 0. The molecule has 162 valence electrons. The fraction of sp³-hybridized carbons (Fsp3) is 0.500. The van der Waals surface area contributed by atoms with Crippen LogP contribution in [0.2, 0.25) is 0 Å². The predicted octanol–water partition coefficient (Wildman–Crippen LogP) is 3.34. The molecule has 0 radical (unpaired) electrons. The first-order valence-corrected chi connectivity index (χ1v) is 11.4. The molecule has 7 nitrogen and oxygen atoms in total. The molecule has 2 rings (SSSR count). The molecule has 0 saturated heterocycles. The van der Waals surface area contributed by atoms with Gasteiger partial charge in [-0.15, -0.1) is 24.0 Å². The predicted molar refractivity (Wildman–Crippen MR) is 127 cm³/mol. The van der Waals surface area contributed by atoms with Gasteiger partial charge in [-0.05, 0) is 31.9 Å². The minimum Gasteiger partial charge on any atom is -0.361 e. The number of aromatic nitrogens is 1. The summed E-state index contributed by atoms with van der Waals surface area (Å²) >= 11 is 0. The van der Waals surface area contributed by atoms with Crippen LogP contribution < -0.4 is 10.6 Å². The average molecular weight is 534 g/mol. The summed E-state index contributed by atoms with van der Waals surface area (Å²) in [6, 6.07) is 8.54. The molecular formula is C20H31IN4O3S. The first kappa shape index (κ1) is 25.4. The van der Waals surface area contributed by atoms with Gasteiger partial charge in [0.25, 0.3) is 0 Å². The third-order valence-electron chi connectivity index (χ3n) is 4.33. The lowest BCUT2D eigenvalue weighted by atomic mass is 10.1. The van der Waals surface area contributed by atoms with Crippen LogP contribution in [0.15, 0.2) is 44.7 Å². The van der Waals surface area contributed by atoms with Gasteiger partial charge in [-0.3, -0.25) is 0 Å². The van der Waals surface area contributed by atoms with E-state index in [9.17, 15) is 8.42 Å². The van der Waals surface area contributed by atoms with Crippen LogP contribution in [0, 0.1) is 0 Å². The van der Waals surface area contributed by atoms with Gasteiger partial charge >= 0.3 is 0 Å². The second-order valence-electron chi connectivity index (χ2n) is 6.35. The van der Waals surface area contributed by atoms with E-state index in [0.29, 0.717) is 30.4 Å². The van der Waals surface area contributed by atoms with Gasteiger partial charge in [-0.1, -0.05) is 37.2 Å². The van der Waals surface area contributed by atoms with E-state index in [1.54, 1.807) is 24.3 Å². The molecule has 0 aliphatic carbocycles. The van der Waals surface area contributed by atoms with Gasteiger partial charge in [0, 0.05) is 25.1 Å². The monoisotopic (exact) mass is 534 g/mol. The molecule has 0 unspecified atom stereocenters. The average Bonchev–Trinajstić information content (AvgIpc) is 3.12. The number of aliphatic imine (C=N–C) groups is 1. The smallest absolute Gasteiger partial charge is 0.191 e. The Labute approximate surface area is 190 Å². The molecule has 2 aromatic rings. The molecule has 0 amide bonds. The molecule has 0 bridgehead atoms. The van der Waals surface area contributed by atoms with E-state index in [0.717, 1.165) is 36.4 Å². The number of hydrogen-bond acceptors (Lipinski definition) is 5. The molecule has 0 aliphatic heterocycles. The van der Waals surface area contributed by atoms with Crippen LogP contribution in [0.25, 0.3) is 0 Å². The maximum absolute atomic E-state index is 12.3. The highest BCUT2D eigenvalue weighted by atomic mass is 127. The Morgan fingerprint density at radius 3 is 2.45 bits per heavy atom. The standard InChI is InChI=1S/C20H30N4O3S.HI/c1-4-18-17(19(5-2)27-24-18)15-23-20(21-6-3)22-13-10-14-28(25,26)16-11-8-7-9-12-16;/h7-9,11-12H,4-6,10,13-15H2,1-3H3,(H2,21,22,23);1H. The number of hydrogen-bond donors (Lipinski definition) is 2. The lowest BCUT2D eigenvalue weighted by Crippen LogP contribution is -2.38. The summed E-state index contributed by atoms with van der Waals surface area (Å²) in [4.78, 5) is 4.97. The van der Waals surface area contributed by atoms with Crippen molar-refractivity contribution >= 4 is 39.8 Å². The first-order chi connectivity index (χ1) is 13.5. The molecule has 0 fully saturated rings. The summed E-state index contributed by atoms with van der Waals surface area (Å²) < 4.78 is 30.0. The maximum atomic E-state index is 12.3. The third kappa shape index (κ3) is 7.61. The van der Waals surface area contributed by atoms with Crippen LogP contribution in [0.3, 0.4) is 0 Å². The van der Waals surface area contributed by atoms with Gasteiger partial charge in [-0.25, -0.2) is 13.4 Å². The molecule has 0 atom stereocenters. The van der Waals surface area contributed by atoms with E-state index in [1.165, 1.54) is 0 Å². The van der Waals surface area contributed by atoms with E-state index in [2.05, 4.69) is 20.8 Å². The summed E-state index contributed by atoms with van der Waals surface area (Å²) in [7, 11) is -3.26. The first-order valence-electron chi connectivity index (χ1n) is 9.78. The summed E-state index contributed by atoms with van der Waals surface area (Å²) in [5.74, 6) is 1.62. The van der Waals surface area contributed by atoms with Gasteiger partial charge in [0.15, 0.2) is 15.8 Å². The molecule has 1 aromatic heterocycles. The van der Waals surface area contributed by atoms with Crippen LogP contribution in [0.1, 0.15) is 44.2 Å². The molecule has 0 saturated carbocycles. The van der Waals surface area contributed by atoms with Crippen LogP contribution in [-0.4, -0.2) is 38.4 Å². The number of halogens is 1. The number of rotatable bonds is 10. The maximum Gasteiger partial charge on any atom is 0.191 e. The molecular weight excluding hydrogens is 503 g/mol. The van der Waals surface area contributed by atoms with Crippen molar-refractivity contribution in [3.05, 3.63) is 47.3 Å². The molecule has 1 heterocycles. The van der Waals surface area contributed by atoms with Crippen LogP contribution in [0.4, 0.5) is 0 Å². The highest BCUT2D eigenvalue weighted by Gasteiger charge is 2.14. The van der Waals surface area contributed by atoms with Gasteiger partial charge in [0.2, 0.25) is 0 Å². The van der Waals surface area contributed by atoms with E-state index < -0.39 is 9.84 Å². The molecule has 9 heteroatoms. The highest BCUT2D eigenvalue weighted by Crippen LogP contribution is 2.16. The fourth-order valence-electron chi connectivity index (χ4n) is 2.83. The van der Waals surface area contributed by atoms with Crippen molar-refractivity contribution < 1.29 is 12.9 Å². The Morgan fingerprint density at radius 2 is 1.83 bits per heavy atom. The lowest BCUT2D eigenvalue weighted by molar-refractivity contribution is 0.380.